The number of hydrogen-bond donors (Lipinski definition) is 2. The summed E-state index contributed by atoms with van der Waals surface area (Å²) in [6, 6.07) is 0. The highest BCUT2D eigenvalue weighted by molar-refractivity contribution is 5.03. The Balaban J connectivity index is 2.12. The minimum absolute atomic E-state index is 0.160. The van der Waals surface area contributed by atoms with Crippen molar-refractivity contribution in [3.63, 3.8) is 0 Å². The van der Waals surface area contributed by atoms with E-state index in [-0.39, 0.29) is 12.0 Å². The quantitative estimate of drug-likeness (QED) is 0.719. The maximum atomic E-state index is 10.8. The van der Waals surface area contributed by atoms with Crippen molar-refractivity contribution >= 4 is 0 Å². The van der Waals surface area contributed by atoms with Crippen molar-refractivity contribution in [3.8, 4) is 0 Å². The SMILES string of the molecule is CN1CCC(O)(C2(CO)CCCC2)CC1. The summed E-state index contributed by atoms with van der Waals surface area (Å²) in [4.78, 5) is 2.26. The Labute approximate surface area is 92.1 Å². The zero-order valence-corrected chi connectivity index (χ0v) is 9.71. The van der Waals surface area contributed by atoms with Crippen molar-refractivity contribution in [2.24, 2.45) is 5.41 Å². The first-order valence-electron chi connectivity index (χ1n) is 6.14. The van der Waals surface area contributed by atoms with Crippen molar-refractivity contribution in [2.45, 2.75) is 44.1 Å². The Kier molecular flexibility index (Phi) is 3.06. The fourth-order valence-electron chi connectivity index (χ4n) is 3.34. The number of rotatable bonds is 2. The highest BCUT2D eigenvalue weighted by Gasteiger charge is 2.51. The number of piperidine rings is 1. The van der Waals surface area contributed by atoms with Gasteiger partial charge >= 0.3 is 0 Å². The summed E-state index contributed by atoms with van der Waals surface area (Å²) in [5, 5.41) is 20.4. The number of hydrogen-bond acceptors (Lipinski definition) is 3. The molecule has 0 unspecified atom stereocenters. The molecule has 1 saturated carbocycles. The van der Waals surface area contributed by atoms with Crippen LogP contribution in [0.2, 0.25) is 0 Å². The maximum absolute atomic E-state index is 10.8. The molecular formula is C12H23NO2. The van der Waals surface area contributed by atoms with Gasteiger partial charge in [-0.25, -0.2) is 0 Å². The summed E-state index contributed by atoms with van der Waals surface area (Å²) in [6.45, 7) is 2.07. The summed E-state index contributed by atoms with van der Waals surface area (Å²) in [6.07, 6.45) is 5.99. The largest absolute Gasteiger partial charge is 0.396 e. The molecule has 2 rings (SSSR count). The Hall–Kier alpha value is -0.120. The molecule has 0 aromatic rings. The summed E-state index contributed by atoms with van der Waals surface area (Å²) >= 11 is 0. The number of aliphatic hydroxyl groups is 2. The summed E-state index contributed by atoms with van der Waals surface area (Å²) in [5.41, 5.74) is -0.793. The minimum atomic E-state index is -0.606. The fourth-order valence-corrected chi connectivity index (χ4v) is 3.34. The standard InChI is InChI=1S/C12H23NO2/c1-13-8-6-12(15,7-9-13)11(10-14)4-2-3-5-11/h14-15H,2-10H2,1H3. The topological polar surface area (TPSA) is 43.7 Å². The van der Waals surface area contributed by atoms with Gasteiger partial charge in [-0.15, -0.1) is 0 Å². The van der Waals surface area contributed by atoms with Crippen LogP contribution in [0.25, 0.3) is 0 Å². The molecule has 88 valence electrons. The van der Waals surface area contributed by atoms with E-state index >= 15 is 0 Å². The lowest BCUT2D eigenvalue weighted by Crippen LogP contribution is -2.55. The van der Waals surface area contributed by atoms with Gasteiger partial charge in [0.1, 0.15) is 0 Å². The molecule has 0 aromatic carbocycles. The van der Waals surface area contributed by atoms with Gasteiger partial charge in [0.15, 0.2) is 0 Å². The summed E-state index contributed by atoms with van der Waals surface area (Å²) in [7, 11) is 2.10. The second kappa shape index (κ2) is 4.04. The summed E-state index contributed by atoms with van der Waals surface area (Å²) < 4.78 is 0. The highest BCUT2D eigenvalue weighted by Crippen LogP contribution is 2.50. The van der Waals surface area contributed by atoms with E-state index in [0.717, 1.165) is 38.8 Å². The van der Waals surface area contributed by atoms with Crippen LogP contribution in [0.5, 0.6) is 0 Å². The van der Waals surface area contributed by atoms with Crippen LogP contribution >= 0.6 is 0 Å². The Morgan fingerprint density at radius 1 is 1.07 bits per heavy atom. The first-order chi connectivity index (χ1) is 7.12. The zero-order valence-electron chi connectivity index (χ0n) is 9.71. The van der Waals surface area contributed by atoms with Crippen LogP contribution in [0, 0.1) is 5.41 Å². The number of likely N-dealkylation sites (tertiary alicyclic amines) is 1. The third-order valence-electron chi connectivity index (χ3n) is 4.66. The maximum Gasteiger partial charge on any atom is 0.0749 e. The van der Waals surface area contributed by atoms with Crippen LogP contribution < -0.4 is 0 Å². The van der Waals surface area contributed by atoms with Crippen LogP contribution in [0.15, 0.2) is 0 Å². The Morgan fingerprint density at radius 2 is 1.60 bits per heavy atom. The van der Waals surface area contributed by atoms with E-state index in [9.17, 15) is 10.2 Å². The zero-order chi connectivity index (χ0) is 10.9. The fraction of sp³-hybridized carbons (Fsp3) is 1.00. The minimum Gasteiger partial charge on any atom is -0.396 e. The van der Waals surface area contributed by atoms with Gasteiger partial charge in [0.2, 0.25) is 0 Å². The summed E-state index contributed by atoms with van der Waals surface area (Å²) in [5.74, 6) is 0. The molecule has 1 saturated heterocycles. The molecule has 1 aliphatic carbocycles. The molecule has 0 aromatic heterocycles. The number of nitrogens with zero attached hydrogens (tertiary/aromatic N) is 1. The molecule has 0 spiro atoms. The molecule has 1 aliphatic heterocycles. The van der Waals surface area contributed by atoms with Crippen molar-refractivity contribution in [3.05, 3.63) is 0 Å². The van der Waals surface area contributed by atoms with Gasteiger partial charge in [-0.2, -0.15) is 0 Å². The lowest BCUT2D eigenvalue weighted by molar-refractivity contribution is -0.135. The van der Waals surface area contributed by atoms with E-state index in [0.29, 0.717) is 0 Å². The van der Waals surface area contributed by atoms with E-state index in [1.165, 1.54) is 12.8 Å². The van der Waals surface area contributed by atoms with Gasteiger partial charge in [-0.3, -0.25) is 0 Å². The predicted octanol–water partition coefficient (Wildman–Crippen LogP) is 0.996. The Bertz CT molecular complexity index is 216. The van der Waals surface area contributed by atoms with Gasteiger partial charge in [-0.1, -0.05) is 12.8 Å². The lowest BCUT2D eigenvalue weighted by Gasteiger charge is -2.48. The van der Waals surface area contributed by atoms with Crippen LogP contribution in [-0.2, 0) is 0 Å². The molecule has 15 heavy (non-hydrogen) atoms. The molecule has 2 aliphatic rings. The molecule has 3 heteroatoms. The second-order valence-electron chi connectivity index (χ2n) is 5.48. The first-order valence-corrected chi connectivity index (χ1v) is 6.14. The van der Waals surface area contributed by atoms with Crippen LogP contribution in [0.3, 0.4) is 0 Å². The molecule has 1 heterocycles. The van der Waals surface area contributed by atoms with Crippen molar-refractivity contribution in [1.82, 2.24) is 4.90 Å². The third kappa shape index (κ3) is 1.81. The molecule has 0 atom stereocenters. The van der Waals surface area contributed by atoms with Gasteiger partial charge in [-0.05, 0) is 32.7 Å². The van der Waals surface area contributed by atoms with Gasteiger partial charge in [0, 0.05) is 18.5 Å². The predicted molar refractivity (Wildman–Crippen MR) is 59.7 cm³/mol. The molecule has 3 nitrogen and oxygen atoms in total. The van der Waals surface area contributed by atoms with Crippen molar-refractivity contribution < 1.29 is 10.2 Å². The Morgan fingerprint density at radius 3 is 2.07 bits per heavy atom. The van der Waals surface area contributed by atoms with E-state index in [1.807, 2.05) is 0 Å². The average Bonchev–Trinajstić information content (AvgIpc) is 2.73. The van der Waals surface area contributed by atoms with Crippen LogP contribution in [-0.4, -0.2) is 47.5 Å². The third-order valence-corrected chi connectivity index (χ3v) is 4.66. The van der Waals surface area contributed by atoms with Crippen LogP contribution in [0.4, 0.5) is 0 Å². The van der Waals surface area contributed by atoms with Crippen molar-refractivity contribution in [2.75, 3.05) is 26.7 Å². The highest BCUT2D eigenvalue weighted by atomic mass is 16.3. The lowest BCUT2D eigenvalue weighted by atomic mass is 9.66. The van der Waals surface area contributed by atoms with Gasteiger partial charge in [0.05, 0.1) is 12.2 Å². The first kappa shape index (κ1) is 11.4. The van der Waals surface area contributed by atoms with E-state index in [1.54, 1.807) is 0 Å². The molecule has 2 fully saturated rings. The molecule has 2 N–H and O–H groups in total. The normalized spacial score (nSPS) is 30.6. The smallest absolute Gasteiger partial charge is 0.0749 e. The van der Waals surface area contributed by atoms with Crippen LogP contribution in [0.1, 0.15) is 38.5 Å². The van der Waals surface area contributed by atoms with E-state index in [2.05, 4.69) is 11.9 Å². The van der Waals surface area contributed by atoms with Crippen molar-refractivity contribution in [1.29, 1.82) is 0 Å². The number of aliphatic hydroxyl groups excluding tert-OH is 1. The molecule has 0 bridgehead atoms. The van der Waals surface area contributed by atoms with Gasteiger partial charge in [0.25, 0.3) is 0 Å². The van der Waals surface area contributed by atoms with E-state index < -0.39 is 5.60 Å². The second-order valence-corrected chi connectivity index (χ2v) is 5.48. The van der Waals surface area contributed by atoms with Gasteiger partial charge < -0.3 is 15.1 Å². The average molecular weight is 213 g/mol. The molecular weight excluding hydrogens is 190 g/mol. The van der Waals surface area contributed by atoms with E-state index in [4.69, 9.17) is 0 Å². The molecule has 0 radical (unpaired) electrons. The monoisotopic (exact) mass is 213 g/mol. The molecule has 0 amide bonds.